The monoisotopic (exact) mass is 293 g/mol. The van der Waals surface area contributed by atoms with E-state index in [4.69, 9.17) is 0 Å². The first-order chi connectivity index (χ1) is 9.61. The van der Waals surface area contributed by atoms with Crippen LogP contribution in [0.25, 0.3) is 0 Å². The van der Waals surface area contributed by atoms with Gasteiger partial charge in [0.05, 0.1) is 13.1 Å². The van der Waals surface area contributed by atoms with Crippen LogP contribution in [0.2, 0.25) is 0 Å². The van der Waals surface area contributed by atoms with Crippen LogP contribution < -0.4 is 5.32 Å². The minimum atomic E-state index is -0.516. The highest BCUT2D eigenvalue weighted by Crippen LogP contribution is 2.12. The summed E-state index contributed by atoms with van der Waals surface area (Å²) < 4.78 is 0. The Kier molecular flexibility index (Phi) is 4.52. The Labute approximate surface area is 120 Å². The maximum absolute atomic E-state index is 12.2. The zero-order valence-electron chi connectivity index (χ0n) is 10.9. The van der Waals surface area contributed by atoms with Crippen LogP contribution in [0.3, 0.4) is 0 Å². The first-order valence-corrected chi connectivity index (χ1v) is 6.99. The Morgan fingerprint density at radius 2 is 2.35 bits per heavy atom. The normalized spacial score (nSPS) is 14.3. The average Bonchev–Trinajstić information content (AvgIpc) is 3.03. The van der Waals surface area contributed by atoms with Gasteiger partial charge in [-0.15, -0.1) is 17.9 Å². The smallest absolute Gasteiger partial charge is 0.325 e. The summed E-state index contributed by atoms with van der Waals surface area (Å²) in [5.74, 6) is -0.651. The summed E-state index contributed by atoms with van der Waals surface area (Å²) in [6.07, 6.45) is 1.62. The topological polar surface area (TPSA) is 69.7 Å². The SMILES string of the molecule is C=CCN(Cc1cccs1)C(=O)CN1C(=O)CNC1=O. The predicted octanol–water partition coefficient (Wildman–Crippen LogP) is 0.815. The van der Waals surface area contributed by atoms with E-state index in [9.17, 15) is 14.4 Å². The van der Waals surface area contributed by atoms with Gasteiger partial charge in [-0.25, -0.2) is 4.79 Å². The number of nitrogens with zero attached hydrogens (tertiary/aromatic N) is 2. The second-order valence-electron chi connectivity index (χ2n) is 4.28. The molecule has 0 saturated carbocycles. The van der Waals surface area contributed by atoms with Crippen molar-refractivity contribution < 1.29 is 14.4 Å². The van der Waals surface area contributed by atoms with Crippen LogP contribution in [0.1, 0.15) is 4.88 Å². The van der Waals surface area contributed by atoms with Gasteiger partial charge in [0.25, 0.3) is 5.91 Å². The molecule has 0 aromatic carbocycles. The first kappa shape index (κ1) is 14.3. The quantitative estimate of drug-likeness (QED) is 0.623. The molecule has 1 saturated heterocycles. The van der Waals surface area contributed by atoms with Gasteiger partial charge in [-0.3, -0.25) is 14.5 Å². The summed E-state index contributed by atoms with van der Waals surface area (Å²) in [7, 11) is 0. The molecule has 6 nitrogen and oxygen atoms in total. The van der Waals surface area contributed by atoms with Gasteiger partial charge in [0.2, 0.25) is 5.91 Å². The third kappa shape index (κ3) is 3.24. The number of nitrogens with one attached hydrogen (secondary N) is 1. The number of rotatable bonds is 6. The van der Waals surface area contributed by atoms with Crippen LogP contribution in [0, 0.1) is 0 Å². The summed E-state index contributed by atoms with van der Waals surface area (Å²) in [6, 6.07) is 3.33. The lowest BCUT2D eigenvalue weighted by Crippen LogP contribution is -2.42. The summed E-state index contributed by atoms with van der Waals surface area (Å²) in [4.78, 5) is 38.7. The predicted molar refractivity (Wildman–Crippen MR) is 75.0 cm³/mol. The number of thiophene rings is 1. The lowest BCUT2D eigenvalue weighted by Gasteiger charge is -2.22. The molecule has 1 aliphatic heterocycles. The van der Waals surface area contributed by atoms with E-state index < -0.39 is 6.03 Å². The first-order valence-electron chi connectivity index (χ1n) is 6.11. The van der Waals surface area contributed by atoms with Crippen molar-refractivity contribution in [2.45, 2.75) is 6.54 Å². The Morgan fingerprint density at radius 3 is 2.90 bits per heavy atom. The molecule has 4 amide bonds. The van der Waals surface area contributed by atoms with E-state index >= 15 is 0 Å². The molecule has 1 N–H and O–H groups in total. The van der Waals surface area contributed by atoms with Crippen molar-refractivity contribution >= 4 is 29.2 Å². The minimum absolute atomic E-state index is 0.0432. The largest absolute Gasteiger partial charge is 0.332 e. The molecule has 2 rings (SSSR count). The summed E-state index contributed by atoms with van der Waals surface area (Å²) in [6.45, 7) is 4.17. The summed E-state index contributed by atoms with van der Waals surface area (Å²) in [5.41, 5.74) is 0. The number of imide groups is 1. The third-order valence-electron chi connectivity index (χ3n) is 2.86. The van der Waals surface area contributed by atoms with Crippen molar-refractivity contribution in [3.8, 4) is 0 Å². The van der Waals surface area contributed by atoms with Crippen molar-refractivity contribution in [1.82, 2.24) is 15.1 Å². The fourth-order valence-electron chi connectivity index (χ4n) is 1.85. The molecular weight excluding hydrogens is 278 g/mol. The lowest BCUT2D eigenvalue weighted by molar-refractivity contribution is -0.136. The van der Waals surface area contributed by atoms with Crippen molar-refractivity contribution in [3.05, 3.63) is 35.0 Å². The highest BCUT2D eigenvalue weighted by Gasteiger charge is 2.31. The highest BCUT2D eigenvalue weighted by molar-refractivity contribution is 7.09. The lowest BCUT2D eigenvalue weighted by atomic mass is 10.3. The van der Waals surface area contributed by atoms with Gasteiger partial charge in [0, 0.05) is 11.4 Å². The van der Waals surface area contributed by atoms with Crippen LogP contribution >= 0.6 is 11.3 Å². The van der Waals surface area contributed by atoms with Gasteiger partial charge >= 0.3 is 6.03 Å². The second kappa shape index (κ2) is 6.33. The molecule has 0 aliphatic carbocycles. The molecule has 20 heavy (non-hydrogen) atoms. The summed E-state index contributed by atoms with van der Waals surface area (Å²) in [5, 5.41) is 4.32. The van der Waals surface area contributed by atoms with Gasteiger partial charge in [0.1, 0.15) is 6.54 Å². The molecule has 0 radical (unpaired) electrons. The van der Waals surface area contributed by atoms with Crippen LogP contribution in [0.4, 0.5) is 4.79 Å². The molecule has 0 unspecified atom stereocenters. The maximum atomic E-state index is 12.2. The average molecular weight is 293 g/mol. The van der Waals surface area contributed by atoms with Crippen LogP contribution in [-0.2, 0) is 16.1 Å². The molecule has 0 atom stereocenters. The van der Waals surface area contributed by atoms with Crippen LogP contribution in [0.15, 0.2) is 30.2 Å². The molecule has 1 aromatic rings. The standard InChI is InChI=1S/C13H15N3O3S/c1-2-5-15(8-10-4-3-6-20-10)12(18)9-16-11(17)7-14-13(16)19/h2-4,6H,1,5,7-9H2,(H,14,19). The van der Waals surface area contributed by atoms with Gasteiger partial charge in [0.15, 0.2) is 0 Å². The second-order valence-corrected chi connectivity index (χ2v) is 5.31. The highest BCUT2D eigenvalue weighted by atomic mass is 32.1. The van der Waals surface area contributed by atoms with Gasteiger partial charge in [-0.1, -0.05) is 12.1 Å². The molecule has 7 heteroatoms. The number of carbonyl (C=O) groups is 3. The van der Waals surface area contributed by atoms with Crippen molar-refractivity contribution in [3.63, 3.8) is 0 Å². The number of amides is 4. The fraction of sp³-hybridized carbons (Fsp3) is 0.308. The van der Waals surface area contributed by atoms with E-state index in [0.717, 1.165) is 9.78 Å². The Balaban J connectivity index is 2.01. The van der Waals surface area contributed by atoms with Crippen molar-refractivity contribution in [2.24, 2.45) is 0 Å². The molecule has 0 spiro atoms. The van der Waals surface area contributed by atoms with Gasteiger partial charge in [-0.05, 0) is 11.4 Å². The summed E-state index contributed by atoms with van der Waals surface area (Å²) >= 11 is 1.55. The molecule has 1 aliphatic rings. The van der Waals surface area contributed by atoms with E-state index in [1.54, 1.807) is 22.3 Å². The van der Waals surface area contributed by atoms with E-state index in [-0.39, 0.29) is 24.9 Å². The number of hydrogen-bond donors (Lipinski definition) is 1. The molecular formula is C13H15N3O3S. The molecule has 2 heterocycles. The van der Waals surface area contributed by atoms with E-state index in [1.807, 2.05) is 17.5 Å². The Morgan fingerprint density at radius 1 is 1.55 bits per heavy atom. The molecule has 1 fully saturated rings. The number of carbonyl (C=O) groups excluding carboxylic acids is 3. The van der Waals surface area contributed by atoms with E-state index in [2.05, 4.69) is 11.9 Å². The zero-order chi connectivity index (χ0) is 14.5. The van der Waals surface area contributed by atoms with E-state index in [0.29, 0.717) is 13.1 Å². The van der Waals surface area contributed by atoms with E-state index in [1.165, 1.54) is 0 Å². The molecule has 0 bridgehead atoms. The van der Waals surface area contributed by atoms with Gasteiger partial charge in [-0.2, -0.15) is 0 Å². The van der Waals surface area contributed by atoms with Crippen molar-refractivity contribution in [1.29, 1.82) is 0 Å². The number of urea groups is 1. The minimum Gasteiger partial charge on any atom is -0.332 e. The Hall–Kier alpha value is -2.15. The third-order valence-corrected chi connectivity index (χ3v) is 3.72. The maximum Gasteiger partial charge on any atom is 0.325 e. The fourth-order valence-corrected chi connectivity index (χ4v) is 2.57. The zero-order valence-corrected chi connectivity index (χ0v) is 11.7. The van der Waals surface area contributed by atoms with Crippen LogP contribution in [-0.4, -0.2) is 47.3 Å². The van der Waals surface area contributed by atoms with Crippen LogP contribution in [0.5, 0.6) is 0 Å². The number of hydrogen-bond acceptors (Lipinski definition) is 4. The molecule has 106 valence electrons. The molecule has 1 aromatic heterocycles. The van der Waals surface area contributed by atoms with Crippen molar-refractivity contribution in [2.75, 3.05) is 19.6 Å². The van der Waals surface area contributed by atoms with Gasteiger partial charge < -0.3 is 10.2 Å². The Bertz CT molecular complexity index is 511.